The van der Waals surface area contributed by atoms with E-state index in [0.717, 1.165) is 156 Å². The maximum Gasteiger partial charge on any atom is 0.346 e. The minimum absolute atomic E-state index is 0.289. The van der Waals surface area contributed by atoms with Crippen LogP contribution in [0.2, 0.25) is 0 Å². The first-order valence-electron chi connectivity index (χ1n) is 25.0. The smallest absolute Gasteiger partial charge is 0.346 e. The first-order valence-corrected chi connectivity index (χ1v) is 26.6. The molecule has 0 saturated heterocycles. The van der Waals surface area contributed by atoms with E-state index in [4.69, 9.17) is 0 Å². The average molecular weight is 996 g/mol. The third-order valence-electron chi connectivity index (χ3n) is 12.9. The van der Waals surface area contributed by atoms with Crippen LogP contribution in [0.15, 0.2) is 151 Å². The van der Waals surface area contributed by atoms with Crippen LogP contribution in [0.3, 0.4) is 0 Å². The van der Waals surface area contributed by atoms with Gasteiger partial charge in [-0.25, -0.2) is 9.59 Å². The number of carboxylic acid groups (broad SMARTS) is 2. The van der Waals surface area contributed by atoms with E-state index < -0.39 is 11.9 Å². The summed E-state index contributed by atoms with van der Waals surface area (Å²) < 4.78 is 0. The maximum atomic E-state index is 11.8. The zero-order chi connectivity index (χ0) is 51.1. The van der Waals surface area contributed by atoms with E-state index in [9.17, 15) is 30.3 Å². The third kappa shape index (κ3) is 12.5. The summed E-state index contributed by atoms with van der Waals surface area (Å²) in [5.74, 6) is -2.48. The molecule has 0 bridgehead atoms. The van der Waals surface area contributed by atoms with Gasteiger partial charge in [0.1, 0.15) is 23.3 Å². The van der Waals surface area contributed by atoms with Gasteiger partial charge < -0.3 is 15.1 Å². The molecule has 2 aromatic heterocycles. The number of aryl methyl sites for hydroxylation is 2. The molecule has 0 unspecified atom stereocenters. The van der Waals surface area contributed by atoms with E-state index in [2.05, 4.69) is 152 Å². The van der Waals surface area contributed by atoms with Crippen molar-refractivity contribution in [1.82, 2.24) is 0 Å². The first-order chi connectivity index (χ1) is 35.7. The lowest BCUT2D eigenvalue weighted by Gasteiger charge is -2.29. The zero-order valence-electron chi connectivity index (χ0n) is 41.2. The highest BCUT2D eigenvalue weighted by Gasteiger charge is 2.23. The molecule has 2 N–H and O–H groups in total. The van der Waals surface area contributed by atoms with Crippen molar-refractivity contribution in [3.63, 3.8) is 0 Å². The van der Waals surface area contributed by atoms with Crippen LogP contribution in [0.1, 0.15) is 107 Å². The topological polar surface area (TPSA) is 125 Å². The van der Waals surface area contributed by atoms with Gasteiger partial charge in [-0.15, -0.1) is 22.7 Å². The highest BCUT2D eigenvalue weighted by atomic mass is 32.1. The van der Waals surface area contributed by atoms with E-state index in [0.29, 0.717) is 0 Å². The Balaban J connectivity index is 1.34. The SMILES string of the molecule is CCCCCCc1cc(/C=C(\C#N)C(=O)O)sc1/C=C/c1ccc2c(N(c3ccccc3)c3ccccc3)c3ccc(/C=C/c4sc(/C=C(\C#N)C(=O)O)cc4CCCCCC)cc3c(-c3ccccc3)c2c1. The third-order valence-corrected chi connectivity index (χ3v) is 15.1. The van der Waals surface area contributed by atoms with Crippen LogP contribution in [-0.2, 0) is 22.4 Å². The molecule has 0 spiro atoms. The van der Waals surface area contributed by atoms with Gasteiger partial charge in [0.05, 0.1) is 5.69 Å². The minimum atomic E-state index is -1.24. The fourth-order valence-corrected chi connectivity index (χ4v) is 11.4. The van der Waals surface area contributed by atoms with Crippen LogP contribution >= 0.6 is 22.7 Å². The number of nitrogens with zero attached hydrogens (tertiary/aromatic N) is 3. The van der Waals surface area contributed by atoms with Gasteiger partial charge in [0.2, 0.25) is 0 Å². The first kappa shape index (κ1) is 51.3. The molecule has 0 aliphatic heterocycles. The quantitative estimate of drug-likeness (QED) is 0.0300. The molecule has 364 valence electrons. The van der Waals surface area contributed by atoms with Gasteiger partial charge in [-0.2, -0.15) is 10.5 Å². The van der Waals surface area contributed by atoms with Crippen LogP contribution in [0.4, 0.5) is 17.1 Å². The molecule has 0 saturated carbocycles. The number of carboxylic acids is 2. The normalized spacial score (nSPS) is 11.9. The van der Waals surface area contributed by atoms with Gasteiger partial charge in [0, 0.05) is 41.7 Å². The van der Waals surface area contributed by atoms with E-state index in [1.807, 2.05) is 42.5 Å². The van der Waals surface area contributed by atoms with Crippen molar-refractivity contribution in [3.8, 4) is 23.3 Å². The van der Waals surface area contributed by atoms with Gasteiger partial charge in [-0.1, -0.05) is 156 Å². The Bertz CT molecular complexity index is 3250. The van der Waals surface area contributed by atoms with Crippen molar-refractivity contribution in [1.29, 1.82) is 10.5 Å². The number of benzene rings is 6. The average Bonchev–Trinajstić information content (AvgIpc) is 4.00. The lowest BCUT2D eigenvalue weighted by molar-refractivity contribution is -0.133. The lowest BCUT2D eigenvalue weighted by atomic mass is 9.88. The summed E-state index contributed by atoms with van der Waals surface area (Å²) in [4.78, 5) is 29.5. The van der Waals surface area contributed by atoms with Gasteiger partial charge in [0.15, 0.2) is 0 Å². The summed E-state index contributed by atoms with van der Waals surface area (Å²) in [7, 11) is 0. The van der Waals surface area contributed by atoms with Crippen LogP contribution in [-0.4, -0.2) is 22.2 Å². The number of nitriles is 2. The number of hydrogen-bond donors (Lipinski definition) is 2. The molecule has 6 aromatic carbocycles. The molecule has 0 radical (unpaired) electrons. The number of aliphatic carboxylic acids is 2. The molecular formula is C64H57N3O4S2. The number of hydrogen-bond acceptors (Lipinski definition) is 7. The summed E-state index contributed by atoms with van der Waals surface area (Å²) in [5, 5.41) is 42.7. The molecule has 7 nitrogen and oxygen atoms in total. The van der Waals surface area contributed by atoms with Crippen molar-refractivity contribution in [3.05, 3.63) is 192 Å². The van der Waals surface area contributed by atoms with Crippen molar-refractivity contribution < 1.29 is 19.8 Å². The maximum absolute atomic E-state index is 11.8. The molecule has 0 atom stereocenters. The predicted octanol–water partition coefficient (Wildman–Crippen LogP) is 17.8. The molecule has 0 aliphatic rings. The van der Waals surface area contributed by atoms with E-state index in [1.165, 1.54) is 34.8 Å². The standard InChI is InChI=1S/C64H57N3O4S2/c1-3-5-7-12-22-47-38-53(40-49(42-65)63(68)69)72-59(47)34-30-44-28-32-55-57(36-44)61(46-20-14-9-15-21-46)58-37-45(29-33-56(58)62(55)67(51-24-16-10-17-25-51)52-26-18-11-19-27-52)31-35-60-48(23-13-8-6-4-2)39-54(73-60)41-50(43-66)64(70)71/h9-11,14-21,24-41H,3-8,12-13,22-23H2,1-2H3,(H,68,69)(H,70,71)/b34-30+,35-31+,49-40+,50-41+. The van der Waals surface area contributed by atoms with Gasteiger partial charge in [0.25, 0.3) is 0 Å². The highest BCUT2D eigenvalue weighted by molar-refractivity contribution is 7.14. The Hall–Kier alpha value is -8.08. The fraction of sp³-hybridized carbons (Fsp3) is 0.188. The molecule has 2 heterocycles. The molecule has 0 amide bonds. The van der Waals surface area contributed by atoms with E-state index in [1.54, 1.807) is 0 Å². The number of unbranched alkanes of at least 4 members (excludes halogenated alkanes) is 6. The van der Waals surface area contributed by atoms with Crippen LogP contribution in [0, 0.1) is 22.7 Å². The van der Waals surface area contributed by atoms with Crippen molar-refractivity contribution in [2.24, 2.45) is 0 Å². The monoisotopic (exact) mass is 995 g/mol. The summed E-state index contributed by atoms with van der Waals surface area (Å²) in [6, 6.07) is 52.5. The van der Waals surface area contributed by atoms with Crippen LogP contribution in [0.25, 0.3) is 69.1 Å². The van der Waals surface area contributed by atoms with Crippen LogP contribution < -0.4 is 4.90 Å². The van der Waals surface area contributed by atoms with Crippen LogP contribution in [0.5, 0.6) is 0 Å². The van der Waals surface area contributed by atoms with Gasteiger partial charge in [-0.3, -0.25) is 0 Å². The fourth-order valence-electron chi connectivity index (χ4n) is 9.31. The Labute approximate surface area is 436 Å². The van der Waals surface area contributed by atoms with Gasteiger partial charge in [-0.05, 0) is 143 Å². The molecule has 8 aromatic rings. The Kier molecular flexibility index (Phi) is 17.5. The van der Waals surface area contributed by atoms with E-state index in [-0.39, 0.29) is 11.1 Å². The Morgan fingerprint density at radius 2 is 0.945 bits per heavy atom. The second-order valence-electron chi connectivity index (χ2n) is 18.0. The highest BCUT2D eigenvalue weighted by Crippen LogP contribution is 2.49. The lowest BCUT2D eigenvalue weighted by Crippen LogP contribution is -2.11. The second kappa shape index (κ2) is 24.8. The largest absolute Gasteiger partial charge is 0.477 e. The summed E-state index contributed by atoms with van der Waals surface area (Å²) >= 11 is 3.00. The van der Waals surface area contributed by atoms with Crippen molar-refractivity contribution >= 4 is 110 Å². The number of thiophene rings is 2. The number of para-hydroxylation sites is 2. The summed E-state index contributed by atoms with van der Waals surface area (Å²) in [6.07, 6.45) is 22.0. The number of rotatable bonds is 22. The molecule has 0 fully saturated rings. The molecular weight excluding hydrogens is 939 g/mol. The predicted molar refractivity (Wildman–Crippen MR) is 306 cm³/mol. The summed E-state index contributed by atoms with van der Waals surface area (Å²) in [6.45, 7) is 4.39. The molecule has 8 rings (SSSR count). The van der Waals surface area contributed by atoms with Crippen molar-refractivity contribution in [2.75, 3.05) is 4.90 Å². The number of fused-ring (bicyclic) bond motifs is 2. The number of anilines is 3. The molecule has 73 heavy (non-hydrogen) atoms. The summed E-state index contributed by atoms with van der Waals surface area (Å²) in [5.41, 5.74) is 8.94. The van der Waals surface area contributed by atoms with Crippen molar-refractivity contribution in [2.45, 2.75) is 78.1 Å². The van der Waals surface area contributed by atoms with Gasteiger partial charge >= 0.3 is 11.9 Å². The second-order valence-corrected chi connectivity index (χ2v) is 20.3. The Morgan fingerprint density at radius 1 is 0.521 bits per heavy atom. The molecule has 9 heteroatoms. The number of carbonyl (C=O) groups is 2. The zero-order valence-corrected chi connectivity index (χ0v) is 42.8. The minimum Gasteiger partial charge on any atom is -0.477 e. The molecule has 0 aliphatic carbocycles. The van der Waals surface area contributed by atoms with E-state index >= 15 is 0 Å². The Morgan fingerprint density at radius 3 is 1.34 bits per heavy atom.